The minimum Gasteiger partial charge on any atom is -0.339 e. The van der Waals surface area contributed by atoms with E-state index in [-0.39, 0.29) is 23.5 Å². The molecule has 25 heavy (non-hydrogen) atoms. The molecule has 0 bridgehead atoms. The molecule has 1 fully saturated rings. The zero-order valence-corrected chi connectivity index (χ0v) is 15.5. The van der Waals surface area contributed by atoms with Crippen molar-refractivity contribution in [1.29, 1.82) is 0 Å². The van der Waals surface area contributed by atoms with Gasteiger partial charge < -0.3 is 9.80 Å². The Balaban J connectivity index is 1.47. The Bertz CT molecular complexity index is 743. The normalized spacial score (nSPS) is 22.9. The fraction of sp³-hybridized carbons (Fsp3) is 0.526. The fourth-order valence-corrected chi connectivity index (χ4v) is 5.35. The van der Waals surface area contributed by atoms with Gasteiger partial charge in [0.25, 0.3) is 0 Å². The van der Waals surface area contributed by atoms with Crippen LogP contribution in [0.2, 0.25) is 0 Å². The summed E-state index contributed by atoms with van der Waals surface area (Å²) in [5.41, 5.74) is 2.54. The van der Waals surface area contributed by atoms with Crippen molar-refractivity contribution >= 4 is 21.3 Å². The second-order valence-electron chi connectivity index (χ2n) is 6.97. The number of amides is 1. The molecule has 2 heterocycles. The first kappa shape index (κ1) is 18.1. The maximum Gasteiger partial charge on any atom is 0.224 e. The molecule has 0 aromatic heterocycles. The Morgan fingerprint density at radius 1 is 1.28 bits per heavy atom. The Labute approximate surface area is 150 Å². The van der Waals surface area contributed by atoms with E-state index in [1.807, 2.05) is 35.0 Å². The van der Waals surface area contributed by atoms with E-state index >= 15 is 0 Å². The van der Waals surface area contributed by atoms with Gasteiger partial charge in [-0.25, -0.2) is 8.42 Å². The van der Waals surface area contributed by atoms with Crippen molar-refractivity contribution in [3.8, 4) is 0 Å². The summed E-state index contributed by atoms with van der Waals surface area (Å²) in [4.78, 5) is 16.4. The zero-order valence-electron chi connectivity index (χ0n) is 14.7. The maximum atomic E-state index is 12.4. The third-order valence-electron chi connectivity index (χ3n) is 5.22. The van der Waals surface area contributed by atoms with Crippen LogP contribution in [0.5, 0.6) is 0 Å². The molecule has 1 atom stereocenters. The molecule has 0 aliphatic carbocycles. The smallest absolute Gasteiger partial charge is 0.224 e. The molecule has 1 aromatic carbocycles. The number of carbonyl (C=O) groups is 1. The lowest BCUT2D eigenvalue weighted by Gasteiger charge is -2.28. The minimum absolute atomic E-state index is 0.0590. The number of rotatable bonds is 5. The molecule has 1 aromatic rings. The molecule has 136 valence electrons. The highest BCUT2D eigenvalue weighted by Crippen LogP contribution is 2.22. The molecule has 5 nitrogen and oxygen atoms in total. The summed E-state index contributed by atoms with van der Waals surface area (Å²) in [7, 11) is -0.958. The van der Waals surface area contributed by atoms with Gasteiger partial charge in [0.05, 0.1) is 11.5 Å². The number of benzene rings is 1. The first-order valence-electron chi connectivity index (χ1n) is 8.87. The zero-order chi connectivity index (χ0) is 17.9. The predicted molar refractivity (Wildman–Crippen MR) is 99.9 cm³/mol. The second kappa shape index (κ2) is 7.70. The summed E-state index contributed by atoms with van der Waals surface area (Å²) in [6.45, 7) is 2.02. The Hall–Kier alpha value is -1.66. The molecule has 0 N–H and O–H groups in total. The molecule has 2 aliphatic heterocycles. The molecular weight excluding hydrogens is 336 g/mol. The number of sulfone groups is 1. The Kier molecular flexibility index (Phi) is 5.59. The van der Waals surface area contributed by atoms with E-state index in [4.69, 9.17) is 0 Å². The summed E-state index contributed by atoms with van der Waals surface area (Å²) in [5.74, 6) is 0.649. The molecule has 1 amide bonds. The van der Waals surface area contributed by atoms with Crippen molar-refractivity contribution in [3.05, 3.63) is 42.0 Å². The van der Waals surface area contributed by atoms with Crippen LogP contribution < -0.4 is 0 Å². The van der Waals surface area contributed by atoms with Crippen molar-refractivity contribution in [3.63, 3.8) is 0 Å². The first-order chi connectivity index (χ1) is 11.9. The molecule has 2 aliphatic rings. The van der Waals surface area contributed by atoms with Crippen molar-refractivity contribution in [2.45, 2.75) is 25.3 Å². The summed E-state index contributed by atoms with van der Waals surface area (Å²) in [5, 5.41) is 0. The monoisotopic (exact) mass is 362 g/mol. The Morgan fingerprint density at radius 2 is 2.04 bits per heavy atom. The molecule has 6 heteroatoms. The SMILES string of the molecule is CN(CCC(=O)N1CC=C(c2ccccc2)CC1)[C@H]1CCS(=O)(=O)C1. The number of hydrogen-bond acceptors (Lipinski definition) is 4. The molecule has 3 rings (SSSR count). The van der Waals surface area contributed by atoms with E-state index in [1.54, 1.807) is 0 Å². The van der Waals surface area contributed by atoms with E-state index in [0.717, 1.165) is 13.0 Å². The topological polar surface area (TPSA) is 57.7 Å². The van der Waals surface area contributed by atoms with E-state index in [9.17, 15) is 13.2 Å². The molecule has 0 unspecified atom stereocenters. The standard InChI is InChI=1S/C19H26N2O3S/c1-20(18-10-14-25(23,24)15-18)11-9-19(22)21-12-7-17(8-13-21)16-5-3-2-4-6-16/h2-7,18H,8-15H2,1H3/t18-/m0/s1. The lowest BCUT2D eigenvalue weighted by molar-refractivity contribution is -0.131. The van der Waals surface area contributed by atoms with Gasteiger partial charge in [-0.15, -0.1) is 0 Å². The number of nitrogens with zero attached hydrogens (tertiary/aromatic N) is 2. The van der Waals surface area contributed by atoms with Crippen molar-refractivity contribution in [2.75, 3.05) is 38.2 Å². The van der Waals surface area contributed by atoms with Crippen LogP contribution in [-0.4, -0.2) is 68.4 Å². The molecular formula is C19H26N2O3S. The average molecular weight is 362 g/mol. The highest BCUT2D eigenvalue weighted by molar-refractivity contribution is 7.91. The van der Waals surface area contributed by atoms with Crippen LogP contribution in [0.3, 0.4) is 0 Å². The Morgan fingerprint density at radius 3 is 2.64 bits per heavy atom. The van der Waals surface area contributed by atoms with Crippen LogP contribution in [0.1, 0.15) is 24.8 Å². The van der Waals surface area contributed by atoms with Crippen LogP contribution >= 0.6 is 0 Å². The highest BCUT2D eigenvalue weighted by atomic mass is 32.2. The van der Waals surface area contributed by atoms with E-state index in [0.29, 0.717) is 25.9 Å². The summed E-state index contributed by atoms with van der Waals surface area (Å²) < 4.78 is 23.1. The lowest BCUT2D eigenvalue weighted by atomic mass is 9.99. The van der Waals surface area contributed by atoms with Gasteiger partial charge in [0.15, 0.2) is 9.84 Å². The van der Waals surface area contributed by atoms with E-state index in [1.165, 1.54) is 11.1 Å². The van der Waals surface area contributed by atoms with Gasteiger partial charge in [0.1, 0.15) is 0 Å². The van der Waals surface area contributed by atoms with Gasteiger partial charge in [-0.05, 0) is 31.0 Å². The fourth-order valence-electron chi connectivity index (χ4n) is 3.55. The van der Waals surface area contributed by atoms with Crippen molar-refractivity contribution < 1.29 is 13.2 Å². The van der Waals surface area contributed by atoms with Crippen LogP contribution in [0.25, 0.3) is 5.57 Å². The van der Waals surface area contributed by atoms with E-state index < -0.39 is 9.84 Å². The quantitative estimate of drug-likeness (QED) is 0.802. The largest absolute Gasteiger partial charge is 0.339 e. The van der Waals surface area contributed by atoms with Crippen LogP contribution in [0.15, 0.2) is 36.4 Å². The van der Waals surface area contributed by atoms with Crippen LogP contribution in [0, 0.1) is 0 Å². The predicted octanol–water partition coefficient (Wildman–Crippen LogP) is 1.81. The summed E-state index contributed by atoms with van der Waals surface area (Å²) in [6, 6.07) is 10.3. The van der Waals surface area contributed by atoms with Gasteiger partial charge in [-0.1, -0.05) is 36.4 Å². The summed E-state index contributed by atoms with van der Waals surface area (Å²) in [6.07, 6.45) is 4.15. The van der Waals surface area contributed by atoms with Gasteiger partial charge >= 0.3 is 0 Å². The van der Waals surface area contributed by atoms with Crippen LogP contribution in [0.4, 0.5) is 0 Å². The molecule has 0 radical (unpaired) electrons. The summed E-state index contributed by atoms with van der Waals surface area (Å²) >= 11 is 0. The third kappa shape index (κ3) is 4.70. The second-order valence-corrected chi connectivity index (χ2v) is 9.20. The van der Waals surface area contributed by atoms with Crippen LogP contribution in [-0.2, 0) is 14.6 Å². The van der Waals surface area contributed by atoms with Gasteiger partial charge in [0, 0.05) is 32.1 Å². The first-order valence-corrected chi connectivity index (χ1v) is 10.7. The number of hydrogen-bond donors (Lipinski definition) is 0. The number of carbonyl (C=O) groups excluding carboxylic acids is 1. The van der Waals surface area contributed by atoms with E-state index in [2.05, 4.69) is 18.2 Å². The average Bonchev–Trinajstić information content (AvgIpc) is 3.00. The van der Waals surface area contributed by atoms with Gasteiger partial charge in [-0.3, -0.25) is 4.79 Å². The van der Waals surface area contributed by atoms with Crippen molar-refractivity contribution in [1.82, 2.24) is 9.80 Å². The molecule has 0 saturated carbocycles. The third-order valence-corrected chi connectivity index (χ3v) is 6.97. The maximum absolute atomic E-state index is 12.4. The lowest BCUT2D eigenvalue weighted by Crippen LogP contribution is -2.39. The molecule has 0 spiro atoms. The van der Waals surface area contributed by atoms with Gasteiger partial charge in [-0.2, -0.15) is 0 Å². The van der Waals surface area contributed by atoms with Crippen molar-refractivity contribution in [2.24, 2.45) is 0 Å². The molecule has 1 saturated heterocycles. The highest BCUT2D eigenvalue weighted by Gasteiger charge is 2.30. The van der Waals surface area contributed by atoms with Gasteiger partial charge in [0.2, 0.25) is 5.91 Å². The minimum atomic E-state index is -2.88.